The highest BCUT2D eigenvalue weighted by Crippen LogP contribution is 2.50. The van der Waals surface area contributed by atoms with Crippen molar-refractivity contribution >= 4 is 0 Å². The summed E-state index contributed by atoms with van der Waals surface area (Å²) in [5, 5.41) is 11.8. The van der Waals surface area contributed by atoms with Gasteiger partial charge in [0.2, 0.25) is 0 Å². The molecule has 0 amide bonds. The lowest BCUT2D eigenvalue weighted by Gasteiger charge is -2.42. The topological polar surface area (TPSA) is 58.5 Å². The van der Waals surface area contributed by atoms with E-state index in [-0.39, 0.29) is 5.92 Å². The molecule has 2 aromatic rings. The molecule has 5 heteroatoms. The fourth-order valence-corrected chi connectivity index (χ4v) is 5.08. The zero-order valence-corrected chi connectivity index (χ0v) is 17.1. The Labute approximate surface area is 167 Å². The lowest BCUT2D eigenvalue weighted by molar-refractivity contribution is -0.0662. The summed E-state index contributed by atoms with van der Waals surface area (Å²) in [6, 6.07) is 7.95. The molecule has 0 bridgehead atoms. The number of hydrogen-bond acceptors (Lipinski definition) is 5. The first-order valence-electron chi connectivity index (χ1n) is 10.4. The largest absolute Gasteiger partial charge is 0.496 e. The van der Waals surface area contributed by atoms with E-state index in [0.717, 1.165) is 55.2 Å². The van der Waals surface area contributed by atoms with Gasteiger partial charge in [-0.25, -0.2) is 9.97 Å². The molecule has 28 heavy (non-hydrogen) atoms. The van der Waals surface area contributed by atoms with E-state index < -0.39 is 5.60 Å². The number of ether oxygens (including phenoxy) is 1. The number of benzene rings is 1. The minimum absolute atomic E-state index is 0.230. The van der Waals surface area contributed by atoms with Crippen LogP contribution >= 0.6 is 0 Å². The monoisotopic (exact) mass is 381 g/mol. The summed E-state index contributed by atoms with van der Waals surface area (Å²) in [4.78, 5) is 11.5. The zero-order chi connectivity index (χ0) is 19.7. The van der Waals surface area contributed by atoms with Crippen molar-refractivity contribution in [1.29, 1.82) is 0 Å². The third-order valence-electron chi connectivity index (χ3n) is 6.48. The molecule has 1 saturated carbocycles. The molecule has 2 fully saturated rings. The Hall–Kier alpha value is -1.98. The Kier molecular flexibility index (Phi) is 5.39. The molecular formula is C23H31N3O2. The van der Waals surface area contributed by atoms with Gasteiger partial charge < -0.3 is 9.84 Å². The molecule has 1 aromatic carbocycles. The van der Waals surface area contributed by atoms with E-state index in [0.29, 0.717) is 11.8 Å². The van der Waals surface area contributed by atoms with Crippen molar-refractivity contribution in [2.45, 2.75) is 51.2 Å². The molecule has 1 N–H and O–H groups in total. The summed E-state index contributed by atoms with van der Waals surface area (Å²) in [6.45, 7) is 6.98. The highest BCUT2D eigenvalue weighted by atomic mass is 16.5. The number of nitrogens with zero attached hydrogens (tertiary/aromatic N) is 3. The van der Waals surface area contributed by atoms with Gasteiger partial charge in [-0.05, 0) is 31.2 Å². The normalized spacial score (nSPS) is 27.8. The summed E-state index contributed by atoms with van der Waals surface area (Å²) in [6.07, 6.45) is 6.94. The van der Waals surface area contributed by atoms with Gasteiger partial charge >= 0.3 is 0 Å². The van der Waals surface area contributed by atoms with Gasteiger partial charge in [0, 0.05) is 55.0 Å². The van der Waals surface area contributed by atoms with Crippen LogP contribution in [0.15, 0.2) is 36.7 Å². The predicted octanol–water partition coefficient (Wildman–Crippen LogP) is 3.73. The first-order chi connectivity index (χ1) is 13.5. The minimum Gasteiger partial charge on any atom is -0.496 e. The highest BCUT2D eigenvalue weighted by molar-refractivity contribution is 5.39. The summed E-state index contributed by atoms with van der Waals surface area (Å²) in [5.41, 5.74) is 1.27. The third kappa shape index (κ3) is 3.53. The van der Waals surface area contributed by atoms with Crippen molar-refractivity contribution in [2.24, 2.45) is 11.8 Å². The number of aromatic nitrogens is 2. The molecule has 5 nitrogen and oxygen atoms in total. The van der Waals surface area contributed by atoms with Crippen LogP contribution in [0.1, 0.15) is 56.0 Å². The highest BCUT2D eigenvalue weighted by Gasteiger charge is 2.50. The van der Waals surface area contributed by atoms with E-state index in [4.69, 9.17) is 4.74 Å². The van der Waals surface area contributed by atoms with Crippen molar-refractivity contribution in [3.8, 4) is 5.75 Å². The fourth-order valence-electron chi connectivity index (χ4n) is 5.08. The summed E-state index contributed by atoms with van der Waals surface area (Å²) in [5.74, 6) is 2.78. The Balaban J connectivity index is 1.53. The zero-order valence-electron chi connectivity index (χ0n) is 17.1. The Morgan fingerprint density at radius 3 is 2.68 bits per heavy atom. The lowest BCUT2D eigenvalue weighted by Crippen LogP contribution is -2.43. The SMILES string of the molecule is COc1ccccc1[C@@]1(O)CCC[C@@H]2CN(Cc3cnc(C(C)C)nc3)C[C@H]21. The molecule has 2 aliphatic rings. The van der Waals surface area contributed by atoms with E-state index in [1.165, 1.54) is 6.42 Å². The van der Waals surface area contributed by atoms with Gasteiger partial charge in [0.15, 0.2) is 0 Å². The average Bonchev–Trinajstić information content (AvgIpc) is 3.12. The van der Waals surface area contributed by atoms with Crippen molar-refractivity contribution in [3.63, 3.8) is 0 Å². The number of rotatable bonds is 5. The van der Waals surface area contributed by atoms with Gasteiger partial charge in [0.25, 0.3) is 0 Å². The van der Waals surface area contributed by atoms with Crippen LogP contribution in [0.4, 0.5) is 0 Å². The molecule has 2 heterocycles. The van der Waals surface area contributed by atoms with Crippen LogP contribution in [-0.4, -0.2) is 40.2 Å². The maximum absolute atomic E-state index is 11.8. The molecule has 1 aliphatic heterocycles. The van der Waals surface area contributed by atoms with Crippen LogP contribution < -0.4 is 4.74 Å². The maximum Gasteiger partial charge on any atom is 0.130 e. The van der Waals surface area contributed by atoms with Gasteiger partial charge in [0.1, 0.15) is 11.6 Å². The number of para-hydroxylation sites is 1. The third-order valence-corrected chi connectivity index (χ3v) is 6.48. The first-order valence-corrected chi connectivity index (χ1v) is 10.4. The van der Waals surface area contributed by atoms with Crippen LogP contribution in [0.25, 0.3) is 0 Å². The Morgan fingerprint density at radius 2 is 1.96 bits per heavy atom. The first kappa shape index (κ1) is 19.3. The molecule has 1 aromatic heterocycles. The second-order valence-corrected chi connectivity index (χ2v) is 8.68. The lowest BCUT2D eigenvalue weighted by atomic mass is 9.67. The smallest absolute Gasteiger partial charge is 0.130 e. The summed E-state index contributed by atoms with van der Waals surface area (Å²) < 4.78 is 5.58. The van der Waals surface area contributed by atoms with Crippen LogP contribution in [0, 0.1) is 11.8 Å². The minimum atomic E-state index is -0.817. The van der Waals surface area contributed by atoms with Gasteiger partial charge in [-0.3, -0.25) is 4.90 Å². The predicted molar refractivity (Wildman–Crippen MR) is 109 cm³/mol. The molecule has 1 aliphatic carbocycles. The van der Waals surface area contributed by atoms with Crippen LogP contribution in [0.5, 0.6) is 5.75 Å². The molecule has 150 valence electrons. The second kappa shape index (κ2) is 7.80. The Bertz CT molecular complexity index is 808. The number of hydrogen-bond donors (Lipinski definition) is 1. The van der Waals surface area contributed by atoms with Gasteiger partial charge in [-0.15, -0.1) is 0 Å². The van der Waals surface area contributed by atoms with Crippen LogP contribution in [0.3, 0.4) is 0 Å². The molecular weight excluding hydrogens is 350 g/mol. The molecule has 3 atom stereocenters. The van der Waals surface area contributed by atoms with E-state index in [1.807, 2.05) is 36.7 Å². The maximum atomic E-state index is 11.8. The number of aliphatic hydroxyl groups is 1. The standard InChI is InChI=1S/C23H31N3O2/c1-16(2)22-24-11-17(12-25-22)13-26-14-18-7-6-10-23(27,20(18)15-26)19-8-4-5-9-21(19)28-3/h4-5,8-9,11-12,16,18,20,27H,6-7,10,13-15H2,1-3H3/t18-,20-,23+/m1/s1. The molecule has 0 unspecified atom stereocenters. The van der Waals surface area contributed by atoms with E-state index >= 15 is 0 Å². The van der Waals surface area contributed by atoms with E-state index in [1.54, 1.807) is 7.11 Å². The number of methoxy groups -OCH3 is 1. The molecule has 1 saturated heterocycles. The summed E-state index contributed by atoms with van der Waals surface area (Å²) in [7, 11) is 1.68. The van der Waals surface area contributed by atoms with Gasteiger partial charge in [-0.2, -0.15) is 0 Å². The summed E-state index contributed by atoms with van der Waals surface area (Å²) >= 11 is 0. The van der Waals surface area contributed by atoms with Gasteiger partial charge in [-0.1, -0.05) is 32.0 Å². The van der Waals surface area contributed by atoms with Crippen molar-refractivity contribution in [2.75, 3.05) is 20.2 Å². The Morgan fingerprint density at radius 1 is 1.21 bits per heavy atom. The average molecular weight is 382 g/mol. The second-order valence-electron chi connectivity index (χ2n) is 8.68. The van der Waals surface area contributed by atoms with Crippen LogP contribution in [0.2, 0.25) is 0 Å². The molecule has 0 radical (unpaired) electrons. The van der Waals surface area contributed by atoms with Crippen molar-refractivity contribution in [3.05, 3.63) is 53.6 Å². The number of fused-ring (bicyclic) bond motifs is 1. The molecule has 4 rings (SSSR count). The van der Waals surface area contributed by atoms with Crippen molar-refractivity contribution in [1.82, 2.24) is 14.9 Å². The van der Waals surface area contributed by atoms with Gasteiger partial charge in [0.05, 0.1) is 12.7 Å². The quantitative estimate of drug-likeness (QED) is 0.855. The number of likely N-dealkylation sites (tertiary alicyclic amines) is 1. The molecule has 0 spiro atoms. The van der Waals surface area contributed by atoms with Crippen LogP contribution in [-0.2, 0) is 12.1 Å². The van der Waals surface area contributed by atoms with E-state index in [2.05, 4.69) is 28.7 Å². The fraction of sp³-hybridized carbons (Fsp3) is 0.565. The van der Waals surface area contributed by atoms with Crippen molar-refractivity contribution < 1.29 is 9.84 Å². The van der Waals surface area contributed by atoms with E-state index in [9.17, 15) is 5.11 Å².